The largest absolute Gasteiger partial charge is 0.336 e. The zero-order valence-corrected chi connectivity index (χ0v) is 10.9. The lowest BCUT2D eigenvalue weighted by atomic mass is 10.3. The molecule has 0 aliphatic carbocycles. The SMILES string of the molecule is Cn1nnc2ccc3sc(N4CCNC4=O)nc3c21. The minimum absolute atomic E-state index is 0.0848. The number of aryl methyl sites for hydroxylation is 1. The summed E-state index contributed by atoms with van der Waals surface area (Å²) >= 11 is 1.51. The topological polar surface area (TPSA) is 75.9 Å². The number of amides is 2. The van der Waals surface area contributed by atoms with Gasteiger partial charge in [0.25, 0.3) is 0 Å². The molecule has 1 N–H and O–H groups in total. The van der Waals surface area contributed by atoms with Gasteiger partial charge in [-0.15, -0.1) is 5.10 Å². The van der Waals surface area contributed by atoms with Crippen LogP contribution in [0.25, 0.3) is 21.3 Å². The van der Waals surface area contributed by atoms with E-state index < -0.39 is 0 Å². The fourth-order valence-electron chi connectivity index (χ4n) is 2.29. The van der Waals surface area contributed by atoms with E-state index in [2.05, 4.69) is 20.6 Å². The lowest BCUT2D eigenvalue weighted by Crippen LogP contribution is -2.27. The molecule has 7 nitrogen and oxygen atoms in total. The Morgan fingerprint density at radius 3 is 3.11 bits per heavy atom. The fourth-order valence-corrected chi connectivity index (χ4v) is 3.28. The number of benzene rings is 1. The van der Waals surface area contributed by atoms with Gasteiger partial charge in [-0.05, 0) is 12.1 Å². The van der Waals surface area contributed by atoms with Gasteiger partial charge in [0.1, 0.15) is 16.6 Å². The molecule has 1 aliphatic rings. The number of carbonyl (C=O) groups excluding carboxylic acids is 1. The first-order valence-electron chi connectivity index (χ1n) is 5.88. The van der Waals surface area contributed by atoms with E-state index in [4.69, 9.17) is 0 Å². The first-order chi connectivity index (χ1) is 9.24. The van der Waals surface area contributed by atoms with Crippen molar-refractivity contribution < 1.29 is 4.79 Å². The van der Waals surface area contributed by atoms with Gasteiger partial charge in [-0.3, -0.25) is 4.90 Å². The number of thiazole rings is 1. The summed E-state index contributed by atoms with van der Waals surface area (Å²) in [6.45, 7) is 1.32. The molecule has 0 spiro atoms. The number of rotatable bonds is 1. The zero-order valence-electron chi connectivity index (χ0n) is 10.1. The molecule has 0 radical (unpaired) electrons. The van der Waals surface area contributed by atoms with E-state index in [1.165, 1.54) is 11.3 Å². The van der Waals surface area contributed by atoms with Gasteiger partial charge in [0, 0.05) is 20.1 Å². The molecule has 1 aliphatic heterocycles. The molecule has 0 saturated carbocycles. The number of urea groups is 1. The number of hydrogen-bond donors (Lipinski definition) is 1. The van der Waals surface area contributed by atoms with Crippen molar-refractivity contribution in [3.8, 4) is 0 Å². The Morgan fingerprint density at radius 1 is 1.42 bits per heavy atom. The number of nitrogens with one attached hydrogen (secondary N) is 1. The molecular weight excluding hydrogens is 264 g/mol. The van der Waals surface area contributed by atoms with E-state index in [1.54, 1.807) is 9.58 Å². The Morgan fingerprint density at radius 2 is 2.32 bits per heavy atom. The first-order valence-corrected chi connectivity index (χ1v) is 6.70. The molecule has 1 aromatic carbocycles. The van der Waals surface area contributed by atoms with Crippen LogP contribution in [0.3, 0.4) is 0 Å². The van der Waals surface area contributed by atoms with Crippen LogP contribution in [0.2, 0.25) is 0 Å². The summed E-state index contributed by atoms with van der Waals surface area (Å²) in [6, 6.07) is 3.82. The van der Waals surface area contributed by atoms with Crippen LogP contribution in [0.15, 0.2) is 12.1 Å². The Balaban J connectivity index is 1.97. The lowest BCUT2D eigenvalue weighted by Gasteiger charge is -2.08. The van der Waals surface area contributed by atoms with Gasteiger partial charge >= 0.3 is 6.03 Å². The van der Waals surface area contributed by atoms with Crippen molar-refractivity contribution in [2.75, 3.05) is 18.0 Å². The van der Waals surface area contributed by atoms with Crippen LogP contribution in [-0.2, 0) is 7.05 Å². The average molecular weight is 274 g/mol. The molecule has 3 aromatic rings. The van der Waals surface area contributed by atoms with E-state index in [0.717, 1.165) is 26.4 Å². The quantitative estimate of drug-likeness (QED) is 0.721. The van der Waals surface area contributed by atoms with Gasteiger partial charge in [-0.2, -0.15) is 0 Å². The molecule has 0 unspecified atom stereocenters. The second-order valence-corrected chi connectivity index (χ2v) is 5.38. The van der Waals surface area contributed by atoms with Crippen LogP contribution in [0.1, 0.15) is 0 Å². The van der Waals surface area contributed by atoms with Gasteiger partial charge in [-0.25, -0.2) is 14.5 Å². The van der Waals surface area contributed by atoms with Crippen LogP contribution in [0.5, 0.6) is 0 Å². The normalized spacial score (nSPS) is 15.6. The van der Waals surface area contributed by atoms with E-state index >= 15 is 0 Å². The molecule has 0 bridgehead atoms. The van der Waals surface area contributed by atoms with Gasteiger partial charge in [0.2, 0.25) is 0 Å². The Labute approximate surface area is 111 Å². The van der Waals surface area contributed by atoms with Crippen molar-refractivity contribution in [2.24, 2.45) is 7.05 Å². The molecule has 19 heavy (non-hydrogen) atoms. The molecule has 8 heteroatoms. The predicted molar refractivity (Wildman–Crippen MR) is 72.4 cm³/mol. The Hall–Kier alpha value is -2.22. The van der Waals surface area contributed by atoms with Crippen LogP contribution in [-0.4, -0.2) is 39.1 Å². The van der Waals surface area contributed by atoms with E-state index in [0.29, 0.717) is 13.1 Å². The van der Waals surface area contributed by atoms with Crippen molar-refractivity contribution in [3.63, 3.8) is 0 Å². The second kappa shape index (κ2) is 3.64. The molecule has 96 valence electrons. The van der Waals surface area contributed by atoms with Crippen molar-refractivity contribution >= 4 is 43.7 Å². The third-order valence-electron chi connectivity index (χ3n) is 3.20. The number of anilines is 1. The van der Waals surface area contributed by atoms with Crippen molar-refractivity contribution in [1.29, 1.82) is 0 Å². The summed E-state index contributed by atoms with van der Waals surface area (Å²) in [4.78, 5) is 17.9. The molecule has 2 aromatic heterocycles. The summed E-state index contributed by atoms with van der Waals surface area (Å²) in [7, 11) is 1.84. The van der Waals surface area contributed by atoms with Gasteiger partial charge in [0.05, 0.1) is 4.70 Å². The predicted octanol–water partition coefficient (Wildman–Crippen LogP) is 1.11. The standard InChI is InChI=1S/C11H10N6OS/c1-16-9-6(14-15-16)2-3-7-8(9)13-11(19-7)17-5-4-12-10(17)18/h2-3H,4-5H2,1H3,(H,12,18). The smallest absolute Gasteiger partial charge is 0.323 e. The highest BCUT2D eigenvalue weighted by molar-refractivity contribution is 7.22. The van der Waals surface area contributed by atoms with Gasteiger partial charge in [0.15, 0.2) is 5.13 Å². The second-order valence-electron chi connectivity index (χ2n) is 4.37. The summed E-state index contributed by atoms with van der Waals surface area (Å²) in [5, 5.41) is 11.6. The summed E-state index contributed by atoms with van der Waals surface area (Å²) in [5.74, 6) is 0. The monoisotopic (exact) mass is 274 g/mol. The Kier molecular flexibility index (Phi) is 2.05. The maximum absolute atomic E-state index is 11.7. The van der Waals surface area contributed by atoms with Crippen LogP contribution in [0, 0.1) is 0 Å². The highest BCUT2D eigenvalue weighted by Gasteiger charge is 2.25. The number of nitrogens with zero attached hydrogens (tertiary/aromatic N) is 5. The highest BCUT2D eigenvalue weighted by atomic mass is 32.1. The van der Waals surface area contributed by atoms with Gasteiger partial charge < -0.3 is 5.32 Å². The Bertz CT molecular complexity index is 806. The van der Waals surface area contributed by atoms with Gasteiger partial charge in [-0.1, -0.05) is 16.6 Å². The molecule has 0 atom stereocenters. The molecule has 1 saturated heterocycles. The summed E-state index contributed by atoms with van der Waals surface area (Å²) in [6.07, 6.45) is 0. The minimum atomic E-state index is -0.0848. The third kappa shape index (κ3) is 1.43. The molecule has 4 rings (SSSR count). The highest BCUT2D eigenvalue weighted by Crippen LogP contribution is 2.33. The average Bonchev–Trinajstić information content (AvgIpc) is 3.06. The van der Waals surface area contributed by atoms with Crippen molar-refractivity contribution in [1.82, 2.24) is 25.3 Å². The minimum Gasteiger partial charge on any atom is -0.336 e. The number of aromatic nitrogens is 4. The lowest BCUT2D eigenvalue weighted by molar-refractivity contribution is 0.252. The number of fused-ring (bicyclic) bond motifs is 3. The first kappa shape index (κ1) is 10.7. The zero-order chi connectivity index (χ0) is 13.0. The maximum atomic E-state index is 11.7. The maximum Gasteiger partial charge on any atom is 0.323 e. The van der Waals surface area contributed by atoms with E-state index in [1.807, 2.05) is 19.2 Å². The molecular formula is C11H10N6OS. The third-order valence-corrected chi connectivity index (χ3v) is 4.24. The number of carbonyl (C=O) groups is 1. The van der Waals surface area contributed by atoms with Crippen LogP contribution >= 0.6 is 11.3 Å². The summed E-state index contributed by atoms with van der Waals surface area (Å²) < 4.78 is 2.75. The molecule has 3 heterocycles. The molecule has 2 amide bonds. The fraction of sp³-hybridized carbons (Fsp3) is 0.273. The van der Waals surface area contributed by atoms with E-state index in [-0.39, 0.29) is 6.03 Å². The molecule has 1 fully saturated rings. The number of hydrogen-bond acceptors (Lipinski definition) is 5. The van der Waals surface area contributed by atoms with Crippen molar-refractivity contribution in [2.45, 2.75) is 0 Å². The van der Waals surface area contributed by atoms with E-state index in [9.17, 15) is 4.79 Å². The van der Waals surface area contributed by atoms with Crippen LogP contribution in [0.4, 0.5) is 9.93 Å². The summed E-state index contributed by atoms with van der Waals surface area (Å²) in [5.41, 5.74) is 2.57. The van der Waals surface area contributed by atoms with Crippen LogP contribution < -0.4 is 10.2 Å². The van der Waals surface area contributed by atoms with Crippen molar-refractivity contribution in [3.05, 3.63) is 12.1 Å².